The Morgan fingerprint density at radius 3 is 2.64 bits per heavy atom. The van der Waals surface area contributed by atoms with Crippen LogP contribution in [-0.2, 0) is 27.9 Å². The third kappa shape index (κ3) is 4.78. The van der Waals surface area contributed by atoms with E-state index in [2.05, 4.69) is 4.72 Å². The number of nitrogens with one attached hydrogen (secondary N) is 1. The van der Waals surface area contributed by atoms with Crippen LogP contribution in [0.4, 0.5) is 0 Å². The molecule has 0 bridgehead atoms. The number of nitrogens with zero attached hydrogens (tertiary/aromatic N) is 1. The SMILES string of the molecule is CS(=O)(=O)NC(=O)c1c(C2=CC=CCC2=O)c2cc(Cl)ccc2n1Cc1cccc(CN)c1. The van der Waals surface area contributed by atoms with Crippen molar-refractivity contribution in [1.29, 1.82) is 0 Å². The van der Waals surface area contributed by atoms with Crippen molar-refractivity contribution < 1.29 is 18.0 Å². The van der Waals surface area contributed by atoms with Crippen molar-refractivity contribution in [1.82, 2.24) is 9.29 Å². The van der Waals surface area contributed by atoms with Gasteiger partial charge < -0.3 is 10.3 Å². The largest absolute Gasteiger partial charge is 0.331 e. The van der Waals surface area contributed by atoms with Gasteiger partial charge in [-0.25, -0.2) is 13.1 Å². The van der Waals surface area contributed by atoms with Crippen molar-refractivity contribution in [2.45, 2.75) is 19.5 Å². The molecule has 0 unspecified atom stereocenters. The molecular formula is C24H22ClN3O4S. The van der Waals surface area contributed by atoms with E-state index >= 15 is 0 Å². The number of sulfonamides is 1. The molecular weight excluding hydrogens is 462 g/mol. The lowest BCUT2D eigenvalue weighted by Crippen LogP contribution is -2.32. The molecule has 9 heteroatoms. The van der Waals surface area contributed by atoms with Gasteiger partial charge >= 0.3 is 0 Å². The summed E-state index contributed by atoms with van der Waals surface area (Å²) in [6, 6.07) is 12.7. The fraction of sp³-hybridized carbons (Fsp3) is 0.167. The summed E-state index contributed by atoms with van der Waals surface area (Å²) >= 11 is 6.28. The van der Waals surface area contributed by atoms with Crippen LogP contribution in [-0.4, -0.2) is 30.9 Å². The Balaban J connectivity index is 2.03. The number of Topliss-reactive ketones (excluding diaryl/α,β-unsaturated/α-hetero) is 1. The van der Waals surface area contributed by atoms with Crippen LogP contribution in [0.3, 0.4) is 0 Å². The van der Waals surface area contributed by atoms with Gasteiger partial charge in [-0.2, -0.15) is 0 Å². The van der Waals surface area contributed by atoms with Crippen LogP contribution in [0, 0.1) is 0 Å². The molecule has 2 aromatic carbocycles. The van der Waals surface area contributed by atoms with E-state index in [9.17, 15) is 18.0 Å². The van der Waals surface area contributed by atoms with Crippen LogP contribution in [0.5, 0.6) is 0 Å². The monoisotopic (exact) mass is 483 g/mol. The van der Waals surface area contributed by atoms with Crippen molar-refractivity contribution in [3.8, 4) is 0 Å². The van der Waals surface area contributed by atoms with E-state index in [1.807, 2.05) is 24.3 Å². The number of carbonyl (C=O) groups is 2. The zero-order valence-corrected chi connectivity index (χ0v) is 19.4. The van der Waals surface area contributed by atoms with E-state index in [1.165, 1.54) is 0 Å². The van der Waals surface area contributed by atoms with Crippen molar-refractivity contribution in [3.05, 3.63) is 88.1 Å². The maximum Gasteiger partial charge on any atom is 0.282 e. The van der Waals surface area contributed by atoms with Gasteiger partial charge in [0, 0.05) is 46.6 Å². The second-order valence-corrected chi connectivity index (χ2v) is 10.0. The highest BCUT2D eigenvalue weighted by Crippen LogP contribution is 2.36. The van der Waals surface area contributed by atoms with Crippen molar-refractivity contribution in [2.24, 2.45) is 5.73 Å². The standard InChI is InChI=1S/C24H22ClN3O4S/c1-33(31,32)27-24(30)23-22(18-7-2-3-8-21(18)29)19-12-17(25)9-10-20(19)28(23)14-16-6-4-5-15(11-16)13-26/h2-7,9-12H,8,13-14,26H2,1H3,(H,27,30). The first-order valence-corrected chi connectivity index (χ1v) is 12.5. The van der Waals surface area contributed by atoms with Crippen LogP contribution >= 0.6 is 11.6 Å². The zero-order valence-electron chi connectivity index (χ0n) is 17.8. The molecule has 0 atom stereocenters. The van der Waals surface area contributed by atoms with Gasteiger partial charge in [0.1, 0.15) is 5.69 Å². The average molecular weight is 484 g/mol. The number of ketones is 1. The van der Waals surface area contributed by atoms with E-state index in [0.29, 0.717) is 33.6 Å². The molecule has 1 amide bonds. The zero-order chi connectivity index (χ0) is 23.8. The number of allylic oxidation sites excluding steroid dienone is 4. The topological polar surface area (TPSA) is 111 Å². The van der Waals surface area contributed by atoms with Crippen LogP contribution in [0.25, 0.3) is 16.5 Å². The minimum atomic E-state index is -3.85. The number of fused-ring (bicyclic) bond motifs is 1. The summed E-state index contributed by atoms with van der Waals surface area (Å²) in [6.45, 7) is 0.617. The van der Waals surface area contributed by atoms with Gasteiger partial charge in [0.15, 0.2) is 5.78 Å². The fourth-order valence-corrected chi connectivity index (χ4v) is 4.62. The number of rotatable bonds is 6. The van der Waals surface area contributed by atoms with Crippen molar-refractivity contribution in [2.75, 3.05) is 6.26 Å². The van der Waals surface area contributed by atoms with Gasteiger partial charge in [-0.1, -0.05) is 54.1 Å². The van der Waals surface area contributed by atoms with E-state index in [1.54, 1.807) is 41.0 Å². The van der Waals surface area contributed by atoms with Gasteiger partial charge in [-0.05, 0) is 29.3 Å². The highest BCUT2D eigenvalue weighted by molar-refractivity contribution is 7.89. The Morgan fingerprint density at radius 1 is 1.18 bits per heavy atom. The first-order chi connectivity index (χ1) is 15.7. The molecule has 1 aromatic heterocycles. The van der Waals surface area contributed by atoms with Crippen LogP contribution in [0.1, 0.15) is 33.6 Å². The number of amides is 1. The lowest BCUT2D eigenvalue weighted by Gasteiger charge is -2.14. The predicted octanol–water partition coefficient (Wildman–Crippen LogP) is 3.40. The lowest BCUT2D eigenvalue weighted by molar-refractivity contribution is -0.113. The van der Waals surface area contributed by atoms with E-state index in [-0.39, 0.29) is 24.4 Å². The molecule has 0 spiro atoms. The number of aromatic nitrogens is 1. The molecule has 1 aliphatic rings. The summed E-state index contributed by atoms with van der Waals surface area (Å²) in [5.41, 5.74) is 8.98. The van der Waals surface area contributed by atoms with E-state index < -0.39 is 15.9 Å². The Kier molecular flexibility index (Phi) is 6.25. The Bertz CT molecular complexity index is 1450. The molecule has 4 rings (SSSR count). The minimum absolute atomic E-state index is 0.0748. The van der Waals surface area contributed by atoms with Gasteiger partial charge in [-0.15, -0.1) is 0 Å². The molecule has 170 valence electrons. The van der Waals surface area contributed by atoms with Crippen LogP contribution in [0.15, 0.2) is 60.7 Å². The third-order valence-corrected chi connectivity index (χ3v) is 6.15. The minimum Gasteiger partial charge on any atom is -0.331 e. The quantitative estimate of drug-likeness (QED) is 0.558. The molecule has 0 radical (unpaired) electrons. The summed E-state index contributed by atoms with van der Waals surface area (Å²) in [6.07, 6.45) is 6.20. The molecule has 0 fully saturated rings. The maximum atomic E-state index is 13.3. The van der Waals surface area contributed by atoms with E-state index in [0.717, 1.165) is 17.4 Å². The molecule has 1 aliphatic carbocycles. The summed E-state index contributed by atoms with van der Waals surface area (Å²) in [7, 11) is -3.85. The molecule has 0 saturated carbocycles. The first-order valence-electron chi connectivity index (χ1n) is 10.2. The number of hydrogen-bond acceptors (Lipinski definition) is 5. The summed E-state index contributed by atoms with van der Waals surface area (Å²) in [5, 5.41) is 1.02. The van der Waals surface area contributed by atoms with E-state index in [4.69, 9.17) is 17.3 Å². The predicted molar refractivity (Wildman–Crippen MR) is 129 cm³/mol. The van der Waals surface area contributed by atoms with Crippen LogP contribution in [0.2, 0.25) is 5.02 Å². The average Bonchev–Trinajstić information content (AvgIpc) is 3.06. The Morgan fingerprint density at radius 2 is 1.94 bits per heavy atom. The summed E-state index contributed by atoms with van der Waals surface area (Å²) < 4.78 is 27.6. The molecule has 1 heterocycles. The Labute approximate surface area is 196 Å². The second kappa shape index (κ2) is 8.97. The normalized spacial score (nSPS) is 13.9. The summed E-state index contributed by atoms with van der Waals surface area (Å²) in [4.78, 5) is 26.1. The number of nitrogens with two attached hydrogens (primary N) is 1. The molecule has 0 saturated heterocycles. The molecule has 33 heavy (non-hydrogen) atoms. The highest BCUT2D eigenvalue weighted by atomic mass is 35.5. The maximum absolute atomic E-state index is 13.3. The molecule has 3 aromatic rings. The number of hydrogen-bond donors (Lipinski definition) is 2. The first kappa shape index (κ1) is 23.0. The van der Waals surface area contributed by atoms with Crippen molar-refractivity contribution >= 4 is 49.8 Å². The smallest absolute Gasteiger partial charge is 0.282 e. The van der Waals surface area contributed by atoms with Gasteiger partial charge in [0.05, 0.1) is 6.26 Å². The third-order valence-electron chi connectivity index (χ3n) is 5.36. The van der Waals surface area contributed by atoms with Gasteiger partial charge in [-0.3, -0.25) is 9.59 Å². The van der Waals surface area contributed by atoms with Crippen molar-refractivity contribution in [3.63, 3.8) is 0 Å². The van der Waals surface area contributed by atoms with Gasteiger partial charge in [0.2, 0.25) is 10.0 Å². The second-order valence-electron chi connectivity index (χ2n) is 7.83. The Hall–Kier alpha value is -3.20. The highest BCUT2D eigenvalue weighted by Gasteiger charge is 2.29. The molecule has 3 N–H and O–H groups in total. The lowest BCUT2D eigenvalue weighted by atomic mass is 9.93. The number of benzene rings is 2. The van der Waals surface area contributed by atoms with Gasteiger partial charge in [0.25, 0.3) is 5.91 Å². The summed E-state index contributed by atoms with van der Waals surface area (Å²) in [5.74, 6) is -0.992. The fourth-order valence-electron chi connectivity index (χ4n) is 4.02. The molecule has 7 nitrogen and oxygen atoms in total. The number of halogens is 1. The van der Waals surface area contributed by atoms with Crippen LogP contribution < -0.4 is 10.5 Å². The number of carbonyl (C=O) groups excluding carboxylic acids is 2. The molecule has 0 aliphatic heterocycles.